The number of carbonyl (C=O) groups excluding carboxylic acids is 4. The van der Waals surface area contributed by atoms with E-state index in [1.165, 1.54) is 0 Å². The van der Waals surface area contributed by atoms with E-state index in [4.69, 9.17) is 0 Å². The van der Waals surface area contributed by atoms with E-state index in [0.717, 1.165) is 19.3 Å². The third kappa shape index (κ3) is 4.24. The lowest BCUT2D eigenvalue weighted by Crippen LogP contribution is -2.53. The van der Waals surface area contributed by atoms with Gasteiger partial charge < -0.3 is 25.6 Å². The molecule has 3 fully saturated rings. The fraction of sp³-hybridized carbons (Fsp3) is 0.500. The number of aliphatic hydroxyl groups excluding tert-OH is 1. The molecule has 4 N–H and O–H groups in total. The zero-order valence-corrected chi connectivity index (χ0v) is 19.8. The molecule has 188 valence electrons. The lowest BCUT2D eigenvalue weighted by atomic mass is 9.92. The summed E-state index contributed by atoms with van der Waals surface area (Å²) >= 11 is 0. The molecule has 3 unspecified atom stereocenters. The Kier molecular flexibility index (Phi) is 6.49. The van der Waals surface area contributed by atoms with Crippen LogP contribution >= 0.6 is 0 Å². The van der Waals surface area contributed by atoms with Gasteiger partial charge in [0.1, 0.15) is 18.3 Å². The Morgan fingerprint density at radius 1 is 1.25 bits per heavy atom. The van der Waals surface area contributed by atoms with Gasteiger partial charge in [-0.25, -0.2) is 0 Å². The Hall–Kier alpha value is -3.71. The minimum Gasteiger partial charge on any atom is -0.389 e. The third-order valence-corrected chi connectivity index (χ3v) is 7.98. The number of hydrogen-bond donors (Lipinski definition) is 4. The second-order valence-corrected chi connectivity index (χ2v) is 10.0. The highest BCUT2D eigenvalue weighted by molar-refractivity contribution is 6.02. The molecule has 0 bridgehead atoms. The number of amides is 3. The number of nitrogens with one attached hydrogen (secondary N) is 3. The van der Waals surface area contributed by atoms with Crippen molar-refractivity contribution in [3.8, 4) is 6.07 Å². The number of benzene rings is 1. The molecule has 10 heteroatoms. The highest BCUT2D eigenvalue weighted by Crippen LogP contribution is 2.43. The number of carbonyl (C=O) groups is 4. The number of likely N-dealkylation sites (tertiary alicyclic amines) is 1. The maximum Gasteiger partial charge on any atom is 0.271 e. The van der Waals surface area contributed by atoms with E-state index in [1.54, 1.807) is 29.2 Å². The van der Waals surface area contributed by atoms with Crippen LogP contribution in [0.5, 0.6) is 0 Å². The third-order valence-electron chi connectivity index (χ3n) is 7.98. The summed E-state index contributed by atoms with van der Waals surface area (Å²) in [6, 6.07) is 7.25. The number of fused-ring (bicyclic) bond motifs is 2. The standard InChI is InChI=1S/C26H29N5O5/c27-11-15-3-2-6-19-18(15)10-21(29-19)26(36)31-12-16-4-1-5-17(16)23(31)25(35)30-20(22(33)13-32)9-14-7-8-28-24(14)34/h2-3,6,10,14,16-17,20,23,29,32H,1,4-5,7-9,12-13H2,(H,28,34)(H,30,35)/t14-,16?,17?,20-,23?/m0/s1. The minimum atomic E-state index is -1.000. The molecule has 5 rings (SSSR count). The van der Waals surface area contributed by atoms with Crippen LogP contribution in [0.15, 0.2) is 24.3 Å². The SMILES string of the molecule is N#Cc1cccc2[nH]c(C(=O)N3CC4CCCC4C3C(=O)N[C@@H](C[C@@H]3CCNC3=O)C(=O)CO)cc12. The van der Waals surface area contributed by atoms with Gasteiger partial charge in [-0.15, -0.1) is 0 Å². The summed E-state index contributed by atoms with van der Waals surface area (Å²) in [7, 11) is 0. The van der Waals surface area contributed by atoms with Crippen molar-refractivity contribution >= 4 is 34.4 Å². The van der Waals surface area contributed by atoms with Gasteiger partial charge in [0.2, 0.25) is 11.8 Å². The van der Waals surface area contributed by atoms with Gasteiger partial charge in [-0.2, -0.15) is 5.26 Å². The number of Topliss-reactive ketones (excluding diaryl/α,β-unsaturated/α-hetero) is 1. The summed E-state index contributed by atoms with van der Waals surface area (Å²) < 4.78 is 0. The topological polar surface area (TPSA) is 155 Å². The van der Waals surface area contributed by atoms with Crippen molar-refractivity contribution in [2.24, 2.45) is 17.8 Å². The van der Waals surface area contributed by atoms with E-state index in [1.807, 2.05) is 0 Å². The molecule has 1 aromatic heterocycles. The quantitative estimate of drug-likeness (QED) is 0.450. The molecule has 10 nitrogen and oxygen atoms in total. The maximum atomic E-state index is 13.6. The number of H-pyrrole nitrogens is 1. The van der Waals surface area contributed by atoms with Crippen LogP contribution in [-0.4, -0.2) is 70.3 Å². The summed E-state index contributed by atoms with van der Waals surface area (Å²) in [6.07, 6.45) is 3.38. The molecule has 1 aromatic carbocycles. The van der Waals surface area contributed by atoms with E-state index in [2.05, 4.69) is 21.7 Å². The highest BCUT2D eigenvalue weighted by Gasteiger charge is 2.50. The predicted octanol–water partition coefficient (Wildman–Crippen LogP) is 0.853. The van der Waals surface area contributed by atoms with E-state index >= 15 is 0 Å². The van der Waals surface area contributed by atoms with Crippen LogP contribution < -0.4 is 10.6 Å². The molecule has 3 heterocycles. The summed E-state index contributed by atoms with van der Waals surface area (Å²) in [5.74, 6) is -1.72. The molecule has 3 amide bonds. The smallest absolute Gasteiger partial charge is 0.271 e. The molecule has 0 spiro atoms. The average molecular weight is 492 g/mol. The Labute approximate surface area is 208 Å². The van der Waals surface area contributed by atoms with Crippen LogP contribution in [0.2, 0.25) is 0 Å². The molecule has 0 radical (unpaired) electrons. The van der Waals surface area contributed by atoms with Gasteiger partial charge in [-0.05, 0) is 55.7 Å². The van der Waals surface area contributed by atoms with Crippen LogP contribution in [-0.2, 0) is 14.4 Å². The van der Waals surface area contributed by atoms with Crippen LogP contribution in [0.4, 0.5) is 0 Å². The number of rotatable bonds is 7. The van der Waals surface area contributed by atoms with Gasteiger partial charge in [0.15, 0.2) is 5.78 Å². The summed E-state index contributed by atoms with van der Waals surface area (Å²) in [5, 5.41) is 25.0. The Morgan fingerprint density at radius 2 is 2.08 bits per heavy atom. The largest absolute Gasteiger partial charge is 0.389 e. The number of aromatic amines is 1. The minimum absolute atomic E-state index is 0.0207. The Morgan fingerprint density at radius 3 is 2.81 bits per heavy atom. The van der Waals surface area contributed by atoms with E-state index in [9.17, 15) is 29.5 Å². The van der Waals surface area contributed by atoms with E-state index < -0.39 is 36.3 Å². The van der Waals surface area contributed by atoms with Crippen molar-refractivity contribution in [2.75, 3.05) is 19.7 Å². The fourth-order valence-electron chi connectivity index (χ4n) is 6.17. The lowest BCUT2D eigenvalue weighted by Gasteiger charge is -2.29. The monoisotopic (exact) mass is 491 g/mol. The first-order valence-corrected chi connectivity index (χ1v) is 12.5. The zero-order chi connectivity index (χ0) is 25.4. The Bertz CT molecular complexity index is 1260. The van der Waals surface area contributed by atoms with Crippen molar-refractivity contribution in [1.29, 1.82) is 5.26 Å². The number of aromatic nitrogens is 1. The summed E-state index contributed by atoms with van der Waals surface area (Å²) in [6.45, 7) is 0.213. The lowest BCUT2D eigenvalue weighted by molar-refractivity contribution is -0.133. The van der Waals surface area contributed by atoms with Crippen LogP contribution in [0, 0.1) is 29.1 Å². The molecule has 36 heavy (non-hydrogen) atoms. The predicted molar refractivity (Wildman–Crippen MR) is 128 cm³/mol. The summed E-state index contributed by atoms with van der Waals surface area (Å²) in [4.78, 5) is 56.4. The molecule has 3 aliphatic rings. The second-order valence-electron chi connectivity index (χ2n) is 10.0. The van der Waals surface area contributed by atoms with E-state index in [-0.39, 0.29) is 30.1 Å². The summed E-state index contributed by atoms with van der Waals surface area (Å²) in [5.41, 5.74) is 1.43. The van der Waals surface area contributed by atoms with Gasteiger partial charge >= 0.3 is 0 Å². The molecular weight excluding hydrogens is 462 g/mol. The first kappa shape index (κ1) is 24.0. The van der Waals surface area contributed by atoms with Gasteiger partial charge in [0, 0.05) is 29.9 Å². The number of nitrogens with zero attached hydrogens (tertiary/aromatic N) is 2. The molecule has 1 aliphatic carbocycles. The van der Waals surface area contributed by atoms with Gasteiger partial charge in [-0.1, -0.05) is 12.5 Å². The zero-order valence-electron chi connectivity index (χ0n) is 19.8. The highest BCUT2D eigenvalue weighted by atomic mass is 16.3. The van der Waals surface area contributed by atoms with E-state index in [0.29, 0.717) is 41.7 Å². The number of nitriles is 1. The van der Waals surface area contributed by atoms with Crippen molar-refractivity contribution in [3.63, 3.8) is 0 Å². The van der Waals surface area contributed by atoms with Gasteiger partial charge in [0.25, 0.3) is 5.91 Å². The normalized spacial score (nSPS) is 25.9. The van der Waals surface area contributed by atoms with Crippen LogP contribution in [0.3, 0.4) is 0 Å². The molecule has 2 aliphatic heterocycles. The van der Waals surface area contributed by atoms with Crippen molar-refractivity contribution < 1.29 is 24.3 Å². The molecular formula is C26H29N5O5. The van der Waals surface area contributed by atoms with Crippen molar-refractivity contribution in [3.05, 3.63) is 35.5 Å². The van der Waals surface area contributed by atoms with Gasteiger partial charge in [0.05, 0.1) is 17.7 Å². The number of hydrogen-bond acceptors (Lipinski definition) is 6. The molecule has 2 saturated heterocycles. The van der Waals surface area contributed by atoms with Crippen molar-refractivity contribution in [2.45, 2.75) is 44.2 Å². The molecule has 1 saturated carbocycles. The number of ketones is 1. The van der Waals surface area contributed by atoms with Gasteiger partial charge in [-0.3, -0.25) is 19.2 Å². The first-order valence-electron chi connectivity index (χ1n) is 12.5. The second kappa shape index (κ2) is 9.74. The molecule has 2 aromatic rings. The fourth-order valence-corrected chi connectivity index (χ4v) is 6.17. The average Bonchev–Trinajstić information content (AvgIpc) is 3.66. The van der Waals surface area contributed by atoms with Crippen molar-refractivity contribution in [1.82, 2.24) is 20.5 Å². The maximum absolute atomic E-state index is 13.6. The van der Waals surface area contributed by atoms with Crippen LogP contribution in [0.1, 0.15) is 48.2 Å². The van der Waals surface area contributed by atoms with Crippen LogP contribution in [0.25, 0.3) is 10.9 Å². The molecule has 5 atom stereocenters. The first-order chi connectivity index (χ1) is 17.4. The number of aliphatic hydroxyl groups is 1. The Balaban J connectivity index is 1.40.